The molecule has 0 bridgehead atoms. The van der Waals surface area contributed by atoms with Gasteiger partial charge in [0.2, 0.25) is 0 Å². The van der Waals surface area contributed by atoms with E-state index in [1.165, 1.54) is 23.5 Å². The van der Waals surface area contributed by atoms with E-state index in [0.29, 0.717) is 6.42 Å². The first-order chi connectivity index (χ1) is 13.4. The zero-order chi connectivity index (χ0) is 20.1. The first kappa shape index (κ1) is 19.7. The summed E-state index contributed by atoms with van der Waals surface area (Å²) < 4.78 is 5.96. The lowest BCUT2D eigenvalue weighted by molar-refractivity contribution is -0.383. The fourth-order valence-corrected chi connectivity index (χ4v) is 3.54. The fraction of sp³-hybridized carbons (Fsp3) is 0.167. The lowest BCUT2D eigenvalue weighted by Gasteiger charge is -2.07. The van der Waals surface area contributed by atoms with Crippen molar-refractivity contribution in [1.29, 1.82) is 0 Å². The summed E-state index contributed by atoms with van der Waals surface area (Å²) in [4.78, 5) is 38.5. The third-order valence-electron chi connectivity index (χ3n) is 3.68. The first-order valence-electron chi connectivity index (χ1n) is 8.16. The molecule has 0 atom stereocenters. The molecule has 0 aliphatic rings. The Bertz CT molecular complexity index is 1020. The van der Waals surface area contributed by atoms with E-state index < -0.39 is 23.4 Å². The van der Waals surface area contributed by atoms with E-state index in [1.54, 1.807) is 0 Å². The van der Waals surface area contributed by atoms with E-state index in [4.69, 9.17) is 16.3 Å². The van der Waals surface area contributed by atoms with E-state index in [2.05, 4.69) is 10.3 Å². The maximum absolute atomic E-state index is 11.9. The molecule has 0 radical (unpaired) electrons. The number of rotatable bonds is 7. The van der Waals surface area contributed by atoms with Crippen LogP contribution in [0.3, 0.4) is 0 Å². The highest BCUT2D eigenvalue weighted by atomic mass is 35.5. The summed E-state index contributed by atoms with van der Waals surface area (Å²) in [7, 11) is 0. The summed E-state index contributed by atoms with van der Waals surface area (Å²) in [6.45, 7) is -0.543. The zero-order valence-electron chi connectivity index (χ0n) is 14.4. The Labute approximate surface area is 168 Å². The molecule has 0 aliphatic carbocycles. The number of esters is 1. The Morgan fingerprint density at radius 3 is 2.79 bits per heavy atom. The maximum atomic E-state index is 11.9. The minimum Gasteiger partial charge on any atom is -0.456 e. The number of carbonyl (C=O) groups excluding carboxylic acids is 2. The second-order valence-electron chi connectivity index (χ2n) is 5.70. The third kappa shape index (κ3) is 5.02. The van der Waals surface area contributed by atoms with Crippen LogP contribution in [0.15, 0.2) is 42.5 Å². The zero-order valence-corrected chi connectivity index (χ0v) is 16.0. The van der Waals surface area contributed by atoms with Crippen LogP contribution < -0.4 is 5.32 Å². The van der Waals surface area contributed by atoms with Crippen LogP contribution in [0.5, 0.6) is 0 Å². The van der Waals surface area contributed by atoms with Crippen LogP contribution in [-0.2, 0) is 20.7 Å². The van der Waals surface area contributed by atoms with Crippen molar-refractivity contribution in [3.63, 3.8) is 0 Å². The number of hydrogen-bond donors (Lipinski definition) is 1. The van der Waals surface area contributed by atoms with Gasteiger partial charge in [-0.25, -0.2) is 4.98 Å². The molecule has 0 fully saturated rings. The molecule has 0 unspecified atom stereocenters. The van der Waals surface area contributed by atoms with Gasteiger partial charge in [0.05, 0.1) is 26.6 Å². The number of thiazole rings is 1. The minimum atomic E-state index is -0.682. The van der Waals surface area contributed by atoms with Gasteiger partial charge >= 0.3 is 5.97 Å². The van der Waals surface area contributed by atoms with Crippen molar-refractivity contribution in [2.45, 2.75) is 12.8 Å². The number of hydrogen-bond acceptors (Lipinski definition) is 7. The topological polar surface area (TPSA) is 111 Å². The van der Waals surface area contributed by atoms with Gasteiger partial charge in [0.25, 0.3) is 11.6 Å². The Morgan fingerprint density at radius 2 is 2.04 bits per heavy atom. The summed E-state index contributed by atoms with van der Waals surface area (Å²) >= 11 is 7.22. The summed E-state index contributed by atoms with van der Waals surface area (Å²) in [6.07, 6.45) is 0.483. The van der Waals surface area contributed by atoms with Crippen molar-refractivity contribution in [2.24, 2.45) is 0 Å². The van der Waals surface area contributed by atoms with Gasteiger partial charge in [-0.15, -0.1) is 11.3 Å². The molecule has 0 saturated carbocycles. The van der Waals surface area contributed by atoms with Crippen LogP contribution in [-0.4, -0.2) is 28.4 Å². The van der Waals surface area contributed by atoms with Gasteiger partial charge < -0.3 is 10.1 Å². The molecule has 28 heavy (non-hydrogen) atoms. The second-order valence-corrected chi connectivity index (χ2v) is 7.25. The lowest BCUT2D eigenvalue weighted by Crippen LogP contribution is -2.21. The van der Waals surface area contributed by atoms with Gasteiger partial charge in [-0.2, -0.15) is 0 Å². The molecule has 1 amide bonds. The van der Waals surface area contributed by atoms with E-state index in [9.17, 15) is 19.7 Å². The van der Waals surface area contributed by atoms with Crippen LogP contribution in [0.1, 0.15) is 11.4 Å². The number of ether oxygens (including phenoxy) is 1. The largest absolute Gasteiger partial charge is 0.456 e. The summed E-state index contributed by atoms with van der Waals surface area (Å²) in [5.41, 5.74) is 0.507. The predicted molar refractivity (Wildman–Crippen MR) is 106 cm³/mol. The molecule has 0 saturated heterocycles. The molecule has 3 aromatic rings. The Balaban J connectivity index is 1.49. The van der Waals surface area contributed by atoms with E-state index in [-0.39, 0.29) is 22.8 Å². The molecular weight excluding hydrogens is 406 g/mol. The highest BCUT2D eigenvalue weighted by Crippen LogP contribution is 2.27. The average Bonchev–Trinajstić information content (AvgIpc) is 3.09. The molecule has 10 heteroatoms. The molecule has 144 valence electrons. The molecule has 2 aromatic carbocycles. The maximum Gasteiger partial charge on any atom is 0.306 e. The van der Waals surface area contributed by atoms with Crippen molar-refractivity contribution >= 4 is 56.4 Å². The summed E-state index contributed by atoms with van der Waals surface area (Å²) in [6, 6.07) is 11.5. The number of para-hydroxylation sites is 1. The van der Waals surface area contributed by atoms with Crippen molar-refractivity contribution in [3.05, 3.63) is 62.6 Å². The molecule has 3 rings (SSSR count). The summed E-state index contributed by atoms with van der Waals surface area (Å²) in [5, 5.41) is 14.3. The monoisotopic (exact) mass is 419 g/mol. The van der Waals surface area contributed by atoms with Gasteiger partial charge in [-0.1, -0.05) is 23.7 Å². The van der Waals surface area contributed by atoms with Crippen molar-refractivity contribution in [1.82, 2.24) is 4.98 Å². The average molecular weight is 420 g/mol. The van der Waals surface area contributed by atoms with Crippen LogP contribution in [0, 0.1) is 10.1 Å². The number of amides is 1. The van der Waals surface area contributed by atoms with Crippen LogP contribution in [0.4, 0.5) is 11.4 Å². The SMILES string of the molecule is O=C(COC(=O)CCc1nc2ccccc2s1)Nc1ccc(Cl)cc1[N+](=O)[O-]. The number of nitrogens with one attached hydrogen (secondary N) is 1. The van der Waals surface area contributed by atoms with E-state index >= 15 is 0 Å². The number of fused-ring (bicyclic) bond motifs is 1. The Hall–Kier alpha value is -3.04. The lowest BCUT2D eigenvalue weighted by atomic mass is 10.2. The Kier molecular flexibility index (Phi) is 6.17. The number of carbonyl (C=O) groups is 2. The molecular formula is C18H14ClN3O5S. The highest BCUT2D eigenvalue weighted by Gasteiger charge is 2.17. The van der Waals surface area contributed by atoms with E-state index in [0.717, 1.165) is 21.3 Å². The number of aromatic nitrogens is 1. The van der Waals surface area contributed by atoms with Crippen molar-refractivity contribution in [3.8, 4) is 0 Å². The van der Waals surface area contributed by atoms with Crippen LogP contribution >= 0.6 is 22.9 Å². The molecule has 0 aliphatic heterocycles. The molecule has 8 nitrogen and oxygen atoms in total. The second kappa shape index (κ2) is 8.77. The first-order valence-corrected chi connectivity index (χ1v) is 9.35. The van der Waals surface area contributed by atoms with Crippen LogP contribution in [0.25, 0.3) is 10.2 Å². The number of halogens is 1. The van der Waals surface area contributed by atoms with Crippen LogP contribution in [0.2, 0.25) is 5.02 Å². The van der Waals surface area contributed by atoms with Gasteiger partial charge in [0.15, 0.2) is 6.61 Å². The van der Waals surface area contributed by atoms with Gasteiger partial charge in [-0.3, -0.25) is 19.7 Å². The molecule has 1 heterocycles. The molecule has 1 N–H and O–H groups in total. The quantitative estimate of drug-likeness (QED) is 0.352. The standard InChI is InChI=1S/C18H14ClN3O5S/c19-11-5-6-12(14(9-11)22(25)26)20-16(23)10-27-18(24)8-7-17-21-13-3-1-2-4-15(13)28-17/h1-6,9H,7-8,10H2,(H,20,23). The van der Waals surface area contributed by atoms with Crippen molar-refractivity contribution < 1.29 is 19.2 Å². The fourth-order valence-electron chi connectivity index (χ4n) is 2.40. The number of nitro groups is 1. The van der Waals surface area contributed by atoms with Gasteiger partial charge in [0, 0.05) is 17.5 Å². The normalized spacial score (nSPS) is 10.6. The highest BCUT2D eigenvalue weighted by molar-refractivity contribution is 7.18. The van der Waals surface area contributed by atoms with E-state index in [1.807, 2.05) is 24.3 Å². The predicted octanol–water partition coefficient (Wildman–Crippen LogP) is 3.97. The molecule has 0 spiro atoms. The number of anilines is 1. The van der Waals surface area contributed by atoms with Gasteiger partial charge in [0.1, 0.15) is 5.69 Å². The van der Waals surface area contributed by atoms with Crippen molar-refractivity contribution in [2.75, 3.05) is 11.9 Å². The summed E-state index contributed by atoms with van der Waals surface area (Å²) in [5.74, 6) is -1.24. The number of benzene rings is 2. The molecule has 1 aromatic heterocycles. The van der Waals surface area contributed by atoms with Gasteiger partial charge in [-0.05, 0) is 24.3 Å². The number of nitrogens with zero attached hydrogens (tertiary/aromatic N) is 2. The Morgan fingerprint density at radius 1 is 1.25 bits per heavy atom. The minimum absolute atomic E-state index is 0.0232. The third-order valence-corrected chi connectivity index (χ3v) is 5.01. The smallest absolute Gasteiger partial charge is 0.306 e. The number of nitro benzene ring substituents is 1. The number of aryl methyl sites for hydroxylation is 1.